The molecule has 4 rings (SSSR count). The third-order valence-corrected chi connectivity index (χ3v) is 12.1. The Morgan fingerprint density at radius 1 is 0.983 bits per heavy atom. The Morgan fingerprint density at radius 3 is 2.35 bits per heavy atom. The Hall–Kier alpha value is -5.14. The summed E-state index contributed by atoms with van der Waals surface area (Å²) in [6.07, 6.45) is 3.34. The van der Waals surface area contributed by atoms with Crippen molar-refractivity contribution in [3.8, 4) is 0 Å². The third kappa shape index (κ3) is 12.9. The number of ether oxygens (including phenoxy) is 3. The number of likely N-dealkylation sites (N-methyl/N-ethyl adjacent to an activating group) is 1. The number of nitrogens with one attached hydrogen (secondary N) is 4. The topological polar surface area (TPSA) is 218 Å². The fourth-order valence-electron chi connectivity index (χ4n) is 7.90. The number of carbonyl (C=O) groups is 7. The summed E-state index contributed by atoms with van der Waals surface area (Å²) in [5.41, 5.74) is 1.16. The van der Waals surface area contributed by atoms with Crippen LogP contribution in [0.2, 0.25) is 0 Å². The lowest BCUT2D eigenvalue weighted by Crippen LogP contribution is -2.55. The van der Waals surface area contributed by atoms with Crippen LogP contribution < -0.4 is 21.3 Å². The van der Waals surface area contributed by atoms with E-state index in [1.54, 1.807) is 56.4 Å². The van der Waals surface area contributed by atoms with E-state index in [2.05, 4.69) is 26.3 Å². The molecule has 7 amide bonds. The van der Waals surface area contributed by atoms with Crippen molar-refractivity contribution in [1.82, 2.24) is 35.6 Å². The van der Waals surface area contributed by atoms with Crippen molar-refractivity contribution in [2.24, 2.45) is 11.8 Å². The van der Waals surface area contributed by atoms with E-state index >= 15 is 0 Å². The van der Waals surface area contributed by atoms with Gasteiger partial charge in [-0.25, -0.2) is 9.78 Å². The number of aromatic nitrogens is 1. The van der Waals surface area contributed by atoms with E-state index in [-0.39, 0.29) is 55.8 Å². The number of amides is 7. The Bertz CT molecular complexity index is 1750. The molecule has 0 bridgehead atoms. The van der Waals surface area contributed by atoms with Gasteiger partial charge in [0.2, 0.25) is 35.9 Å². The fraction of sp³-hybridized carbons (Fsp3) is 0.610. The summed E-state index contributed by atoms with van der Waals surface area (Å²) in [7, 11) is 4.70. The second-order valence-corrected chi connectivity index (χ2v) is 16.1. The van der Waals surface area contributed by atoms with Crippen LogP contribution in [0.3, 0.4) is 0 Å². The largest absolute Gasteiger partial charge is 0.445 e. The molecule has 7 unspecified atom stereocenters. The van der Waals surface area contributed by atoms with Crippen LogP contribution in [0.25, 0.3) is 0 Å². The molecule has 1 aromatic carbocycles. The minimum absolute atomic E-state index is 0.00685. The van der Waals surface area contributed by atoms with Crippen LogP contribution >= 0.6 is 11.3 Å². The number of benzene rings is 1. The zero-order chi connectivity index (χ0) is 43.8. The van der Waals surface area contributed by atoms with E-state index in [0.717, 1.165) is 11.4 Å². The second kappa shape index (κ2) is 23.6. The highest BCUT2D eigenvalue weighted by Crippen LogP contribution is 2.29. The van der Waals surface area contributed by atoms with Crippen molar-refractivity contribution < 1.29 is 47.8 Å². The number of rotatable bonds is 22. The molecule has 0 spiro atoms. The highest BCUT2D eigenvalue weighted by Gasteiger charge is 2.42. The standard InChI is InChI=1S/C41H60N8O10S/c1-7-26(2)37(32(57-5)20-35(52)48-17-8-10-30(48)38(58-6)27(3)39(54)44-22-34-43-16-19-60-34)47(4)36(53)23-45-40(55)31-11-9-18-49(31)41(56)59-24-28-12-14-29(15-13-28)46-33(51)21-42-25-50/h12-16,19,25-27,30-32,37-38H,7-11,17-18,20-24H2,1-6H3,(H,42,50)(H,44,54)(H,45,55)(H,46,51). The maximum atomic E-state index is 14.0. The average molecular weight is 857 g/mol. The predicted molar refractivity (Wildman–Crippen MR) is 222 cm³/mol. The van der Waals surface area contributed by atoms with Gasteiger partial charge in [-0.2, -0.15) is 0 Å². The van der Waals surface area contributed by atoms with Gasteiger partial charge in [-0.15, -0.1) is 11.3 Å². The number of methoxy groups -OCH3 is 2. The number of hydrogen-bond acceptors (Lipinski definition) is 12. The SMILES string of the molecule is CCC(C)C(C(CC(=O)N1CCCC1C(OC)C(C)C(=O)NCc1nccs1)OC)N(C)C(=O)CNC(=O)C1CCCN1C(=O)OCc1ccc(NC(=O)CNC=O)cc1. The van der Waals surface area contributed by atoms with Crippen LogP contribution in [0.5, 0.6) is 0 Å². The van der Waals surface area contributed by atoms with Gasteiger partial charge in [0, 0.05) is 51.6 Å². The van der Waals surface area contributed by atoms with Crippen molar-refractivity contribution in [3.05, 3.63) is 46.4 Å². The van der Waals surface area contributed by atoms with Gasteiger partial charge in [-0.3, -0.25) is 33.7 Å². The predicted octanol–water partition coefficient (Wildman–Crippen LogP) is 2.28. The zero-order valence-corrected chi connectivity index (χ0v) is 36.2. The van der Waals surface area contributed by atoms with Crippen LogP contribution in [-0.4, -0.2) is 140 Å². The van der Waals surface area contributed by atoms with Crippen molar-refractivity contribution in [3.63, 3.8) is 0 Å². The molecule has 2 aliphatic heterocycles. The molecular weight excluding hydrogens is 797 g/mol. The molecule has 1 aromatic heterocycles. The first-order valence-electron chi connectivity index (χ1n) is 20.4. The smallest absolute Gasteiger partial charge is 0.410 e. The van der Waals surface area contributed by atoms with E-state index in [1.165, 1.54) is 28.2 Å². The van der Waals surface area contributed by atoms with Crippen molar-refractivity contribution in [1.29, 1.82) is 0 Å². The van der Waals surface area contributed by atoms with Gasteiger partial charge >= 0.3 is 6.09 Å². The molecule has 3 heterocycles. The Labute approximate surface area is 355 Å². The van der Waals surface area contributed by atoms with Gasteiger partial charge in [0.15, 0.2) is 0 Å². The number of likely N-dealkylation sites (tertiary alicyclic amines) is 2. The molecule has 7 atom stereocenters. The zero-order valence-electron chi connectivity index (χ0n) is 35.3. The van der Waals surface area contributed by atoms with E-state index in [1.807, 2.05) is 19.2 Å². The van der Waals surface area contributed by atoms with Gasteiger partial charge in [0.25, 0.3) is 0 Å². The average Bonchev–Trinajstić information content (AvgIpc) is 4.07. The monoisotopic (exact) mass is 856 g/mol. The number of hydrogen-bond donors (Lipinski definition) is 4. The molecule has 2 fully saturated rings. The lowest BCUT2D eigenvalue weighted by atomic mass is 9.90. The number of nitrogens with zero attached hydrogens (tertiary/aromatic N) is 4. The van der Waals surface area contributed by atoms with E-state index in [0.29, 0.717) is 63.0 Å². The van der Waals surface area contributed by atoms with E-state index in [4.69, 9.17) is 14.2 Å². The molecule has 18 nitrogen and oxygen atoms in total. The molecule has 330 valence electrons. The summed E-state index contributed by atoms with van der Waals surface area (Å²) in [5, 5.41) is 13.2. The lowest BCUT2D eigenvalue weighted by Gasteiger charge is -2.39. The molecule has 0 radical (unpaired) electrons. The summed E-state index contributed by atoms with van der Waals surface area (Å²) < 4.78 is 17.3. The Kier molecular flexibility index (Phi) is 18.7. The molecular formula is C41H60N8O10S. The normalized spacial score (nSPS) is 18.7. The van der Waals surface area contributed by atoms with Gasteiger partial charge in [0.05, 0.1) is 56.3 Å². The maximum Gasteiger partial charge on any atom is 0.410 e. The van der Waals surface area contributed by atoms with Crippen LogP contribution in [0.15, 0.2) is 35.8 Å². The van der Waals surface area contributed by atoms with Crippen LogP contribution in [0.4, 0.5) is 10.5 Å². The second-order valence-electron chi connectivity index (χ2n) is 15.2. The van der Waals surface area contributed by atoms with Crippen molar-refractivity contribution >= 4 is 59.1 Å². The van der Waals surface area contributed by atoms with E-state index in [9.17, 15) is 33.6 Å². The summed E-state index contributed by atoms with van der Waals surface area (Å²) in [5.74, 6) is -2.22. The molecule has 4 N–H and O–H groups in total. The number of anilines is 1. The molecule has 2 aliphatic rings. The lowest BCUT2D eigenvalue weighted by molar-refractivity contribution is -0.145. The van der Waals surface area contributed by atoms with Crippen LogP contribution in [0, 0.1) is 11.8 Å². The minimum atomic E-state index is -0.820. The van der Waals surface area contributed by atoms with Gasteiger partial charge < -0.3 is 45.3 Å². The Morgan fingerprint density at radius 2 is 1.70 bits per heavy atom. The van der Waals surface area contributed by atoms with Gasteiger partial charge in [-0.1, -0.05) is 39.3 Å². The molecule has 2 aromatic rings. The quantitative estimate of drug-likeness (QED) is 0.126. The third-order valence-electron chi connectivity index (χ3n) is 11.4. The van der Waals surface area contributed by atoms with E-state index < -0.39 is 48.1 Å². The first kappa shape index (κ1) is 47.5. The summed E-state index contributed by atoms with van der Waals surface area (Å²) in [6, 6.07) is 4.98. The highest BCUT2D eigenvalue weighted by atomic mass is 32.1. The minimum Gasteiger partial charge on any atom is -0.445 e. The molecule has 2 saturated heterocycles. The molecule has 0 saturated carbocycles. The van der Waals surface area contributed by atoms with Crippen molar-refractivity contribution in [2.75, 3.05) is 52.8 Å². The summed E-state index contributed by atoms with van der Waals surface area (Å²) in [6.45, 7) is 6.35. The van der Waals surface area contributed by atoms with Crippen LogP contribution in [-0.2, 0) is 56.1 Å². The van der Waals surface area contributed by atoms with Gasteiger partial charge in [-0.05, 0) is 49.3 Å². The summed E-state index contributed by atoms with van der Waals surface area (Å²) >= 11 is 1.46. The number of thiazole rings is 1. The number of carbonyl (C=O) groups excluding carboxylic acids is 7. The highest BCUT2D eigenvalue weighted by molar-refractivity contribution is 7.09. The van der Waals surface area contributed by atoms with Gasteiger partial charge in [0.1, 0.15) is 17.7 Å². The summed E-state index contributed by atoms with van der Waals surface area (Å²) in [4.78, 5) is 98.4. The molecule has 0 aliphatic carbocycles. The fourth-order valence-corrected chi connectivity index (χ4v) is 8.46. The van der Waals surface area contributed by atoms with Crippen LogP contribution in [0.1, 0.15) is 69.9 Å². The first-order chi connectivity index (χ1) is 28.8. The Balaban J connectivity index is 1.31. The first-order valence-corrected chi connectivity index (χ1v) is 21.2. The maximum absolute atomic E-state index is 14.0. The molecule has 19 heteroatoms. The van der Waals surface area contributed by atoms with Crippen molar-refractivity contribution in [2.45, 2.75) is 103 Å². The molecule has 60 heavy (non-hydrogen) atoms.